The van der Waals surface area contributed by atoms with Gasteiger partial charge in [0.05, 0.1) is 5.69 Å². The highest BCUT2D eigenvalue weighted by Crippen LogP contribution is 2.17. The molecule has 0 aliphatic carbocycles. The number of allylic oxidation sites excluding steroid dienone is 1. The van der Waals surface area contributed by atoms with Crippen LogP contribution in [-0.4, -0.2) is 43.8 Å². The number of nitrogens with zero attached hydrogens (tertiary/aromatic N) is 2. The van der Waals surface area contributed by atoms with Crippen LogP contribution in [0, 0.1) is 0 Å². The highest BCUT2D eigenvalue weighted by atomic mass is 15.3. The van der Waals surface area contributed by atoms with Gasteiger partial charge in [-0.05, 0) is 17.7 Å². The first-order chi connectivity index (χ1) is 9.90. The predicted octanol–water partition coefficient (Wildman–Crippen LogP) is 2.19. The molecule has 0 amide bonds. The lowest BCUT2D eigenvalue weighted by atomic mass is 10.2. The molecule has 1 aromatic carbocycles. The lowest BCUT2D eigenvalue weighted by Gasteiger charge is -2.25. The second-order valence-electron chi connectivity index (χ2n) is 4.68. The van der Waals surface area contributed by atoms with Gasteiger partial charge in [-0.1, -0.05) is 30.4 Å². The lowest BCUT2D eigenvalue weighted by molar-refractivity contribution is 0.265. The zero-order chi connectivity index (χ0) is 14.0. The zero-order valence-electron chi connectivity index (χ0n) is 11.8. The summed E-state index contributed by atoms with van der Waals surface area (Å²) in [6.45, 7) is 9.35. The molecule has 0 spiro atoms. The monoisotopic (exact) mass is 270 g/mol. The van der Waals surface area contributed by atoms with Gasteiger partial charge in [0.25, 0.3) is 0 Å². The van der Waals surface area contributed by atoms with Crippen molar-refractivity contribution in [2.45, 2.75) is 0 Å². The molecule has 1 aromatic rings. The van der Waals surface area contributed by atoms with Gasteiger partial charge < -0.3 is 5.32 Å². The first-order valence-electron chi connectivity index (χ1n) is 6.99. The maximum absolute atomic E-state index is 3.95. The van der Waals surface area contributed by atoms with Crippen LogP contribution in [0.15, 0.2) is 48.1 Å². The summed E-state index contributed by atoms with van der Waals surface area (Å²) < 4.78 is 0. The first kappa shape index (κ1) is 14.5. The van der Waals surface area contributed by atoms with E-state index in [1.165, 1.54) is 18.7 Å². The second-order valence-corrected chi connectivity index (χ2v) is 4.68. The summed E-state index contributed by atoms with van der Waals surface area (Å²) in [6, 6.07) is 8.05. The van der Waals surface area contributed by atoms with E-state index in [0.717, 1.165) is 25.3 Å². The van der Waals surface area contributed by atoms with E-state index in [9.17, 15) is 0 Å². The molecule has 0 saturated carbocycles. The molecule has 20 heavy (non-hydrogen) atoms. The molecular weight excluding hydrogens is 248 g/mol. The Balaban J connectivity index is 0.000000151. The molecule has 2 aliphatic heterocycles. The van der Waals surface area contributed by atoms with Crippen LogP contribution in [0.3, 0.4) is 0 Å². The molecule has 2 heterocycles. The van der Waals surface area contributed by atoms with Crippen molar-refractivity contribution >= 4 is 18.0 Å². The van der Waals surface area contributed by atoms with E-state index in [4.69, 9.17) is 0 Å². The first-order valence-corrected chi connectivity index (χ1v) is 6.99. The molecule has 4 heteroatoms. The highest BCUT2D eigenvalue weighted by molar-refractivity contribution is 5.83. The van der Waals surface area contributed by atoms with Gasteiger partial charge in [-0.25, -0.2) is 0 Å². The molecule has 1 fully saturated rings. The average molecular weight is 270 g/mol. The summed E-state index contributed by atoms with van der Waals surface area (Å²) in [4.78, 5) is 2.39. The van der Waals surface area contributed by atoms with E-state index >= 15 is 0 Å². The minimum atomic E-state index is 1.04. The third kappa shape index (κ3) is 4.64. The fraction of sp³-hybridized carbons (Fsp3) is 0.312. The van der Waals surface area contributed by atoms with E-state index in [1.807, 2.05) is 42.5 Å². The van der Waals surface area contributed by atoms with E-state index in [0.29, 0.717) is 0 Å². The minimum Gasteiger partial charge on any atom is -0.314 e. The van der Waals surface area contributed by atoms with Crippen molar-refractivity contribution in [3.05, 3.63) is 48.6 Å². The van der Waals surface area contributed by atoms with Crippen molar-refractivity contribution in [2.24, 2.45) is 5.10 Å². The maximum Gasteiger partial charge on any atom is 0.0634 e. The number of anilines is 1. The molecule has 106 valence electrons. The fourth-order valence-electron chi connectivity index (χ4n) is 2.12. The Morgan fingerprint density at radius 1 is 1.25 bits per heavy atom. The second kappa shape index (κ2) is 8.30. The molecule has 0 unspecified atom stereocenters. The molecule has 2 N–H and O–H groups in total. The summed E-state index contributed by atoms with van der Waals surface area (Å²) in [5.41, 5.74) is 5.16. The molecule has 4 nitrogen and oxygen atoms in total. The van der Waals surface area contributed by atoms with Gasteiger partial charge in [-0.2, -0.15) is 5.10 Å². The summed E-state index contributed by atoms with van der Waals surface area (Å²) in [5.74, 6) is 0. The quantitative estimate of drug-likeness (QED) is 0.809. The van der Waals surface area contributed by atoms with Crippen LogP contribution in [0.2, 0.25) is 0 Å². The van der Waals surface area contributed by atoms with Crippen LogP contribution in [0.25, 0.3) is 6.08 Å². The van der Waals surface area contributed by atoms with Crippen molar-refractivity contribution in [1.29, 1.82) is 0 Å². The van der Waals surface area contributed by atoms with Crippen molar-refractivity contribution in [3.63, 3.8) is 0 Å². The van der Waals surface area contributed by atoms with E-state index in [-0.39, 0.29) is 0 Å². The number of fused-ring (bicyclic) bond motifs is 1. The van der Waals surface area contributed by atoms with Crippen molar-refractivity contribution in [1.82, 2.24) is 10.2 Å². The smallest absolute Gasteiger partial charge is 0.0634 e. The molecule has 0 radical (unpaired) electrons. The Kier molecular flexibility index (Phi) is 6.02. The van der Waals surface area contributed by atoms with Crippen LogP contribution in [-0.2, 0) is 0 Å². The lowest BCUT2D eigenvalue weighted by Crippen LogP contribution is -2.43. The van der Waals surface area contributed by atoms with Gasteiger partial charge in [-0.3, -0.25) is 10.3 Å². The number of piperazine rings is 1. The van der Waals surface area contributed by atoms with Gasteiger partial charge in [0, 0.05) is 38.9 Å². The topological polar surface area (TPSA) is 39.7 Å². The Morgan fingerprint density at radius 3 is 2.85 bits per heavy atom. The van der Waals surface area contributed by atoms with E-state index in [1.54, 1.807) is 6.21 Å². The average Bonchev–Trinajstić information content (AvgIpc) is 2.75. The summed E-state index contributed by atoms with van der Waals surface area (Å²) >= 11 is 0. The van der Waals surface area contributed by atoms with Crippen molar-refractivity contribution in [3.8, 4) is 0 Å². The Bertz CT molecular complexity index is 473. The molecule has 3 rings (SSSR count). The van der Waals surface area contributed by atoms with Crippen LogP contribution in [0.4, 0.5) is 5.69 Å². The van der Waals surface area contributed by atoms with Gasteiger partial charge >= 0.3 is 0 Å². The van der Waals surface area contributed by atoms with E-state index in [2.05, 4.69) is 27.3 Å². The SMILES string of the molecule is C1=Cc2ccccc2NN=C1.C=CCN1CCNCC1. The summed E-state index contributed by atoms with van der Waals surface area (Å²) in [5, 5.41) is 7.25. The third-order valence-electron chi connectivity index (χ3n) is 3.18. The zero-order valence-corrected chi connectivity index (χ0v) is 11.8. The predicted molar refractivity (Wildman–Crippen MR) is 87.1 cm³/mol. The highest BCUT2D eigenvalue weighted by Gasteiger charge is 2.05. The standard InChI is InChI=1S/C9H8N2.C7H14N2/c1-2-6-9-8(4-1)5-3-7-10-11-9;1-2-5-9-6-3-8-4-7-9/h1-7,11H;2,8H,1,3-7H2. The summed E-state index contributed by atoms with van der Waals surface area (Å²) in [6.07, 6.45) is 7.64. The van der Waals surface area contributed by atoms with Crippen LogP contribution in [0.1, 0.15) is 5.56 Å². The molecule has 1 saturated heterocycles. The van der Waals surface area contributed by atoms with Crippen molar-refractivity contribution in [2.75, 3.05) is 38.1 Å². The number of nitrogens with one attached hydrogen (secondary N) is 2. The number of para-hydroxylation sites is 1. The third-order valence-corrected chi connectivity index (χ3v) is 3.18. The van der Waals surface area contributed by atoms with Crippen LogP contribution in [0.5, 0.6) is 0 Å². The molecule has 2 aliphatic rings. The number of hydrogen-bond acceptors (Lipinski definition) is 4. The largest absolute Gasteiger partial charge is 0.314 e. The molecule has 0 atom stereocenters. The fourth-order valence-corrected chi connectivity index (χ4v) is 2.12. The Morgan fingerprint density at radius 2 is 2.05 bits per heavy atom. The maximum atomic E-state index is 3.95. The van der Waals surface area contributed by atoms with Gasteiger partial charge in [0.15, 0.2) is 0 Å². The van der Waals surface area contributed by atoms with Crippen LogP contribution >= 0.6 is 0 Å². The Hall–Kier alpha value is -1.91. The van der Waals surface area contributed by atoms with Crippen LogP contribution < -0.4 is 10.7 Å². The normalized spacial score (nSPS) is 17.2. The summed E-state index contributed by atoms with van der Waals surface area (Å²) in [7, 11) is 0. The number of hydrazone groups is 1. The molecule has 0 aromatic heterocycles. The van der Waals surface area contributed by atoms with Crippen molar-refractivity contribution < 1.29 is 0 Å². The van der Waals surface area contributed by atoms with E-state index < -0.39 is 0 Å². The number of benzene rings is 1. The van der Waals surface area contributed by atoms with Gasteiger partial charge in [0.2, 0.25) is 0 Å². The minimum absolute atomic E-state index is 1.04. The molecular formula is C16H22N4. The molecule has 0 bridgehead atoms. The Labute approximate surface area is 120 Å². The van der Waals surface area contributed by atoms with Gasteiger partial charge in [0.1, 0.15) is 0 Å². The van der Waals surface area contributed by atoms with Gasteiger partial charge in [-0.15, -0.1) is 6.58 Å². The number of hydrogen-bond donors (Lipinski definition) is 2. The number of rotatable bonds is 2.